The van der Waals surface area contributed by atoms with Crippen molar-refractivity contribution < 1.29 is 14.5 Å². The Morgan fingerprint density at radius 3 is 2.76 bits per heavy atom. The molecule has 4 aromatic rings. The molecule has 0 aliphatic heterocycles. The number of amides is 1. The van der Waals surface area contributed by atoms with Crippen LogP contribution in [0.5, 0.6) is 5.75 Å². The van der Waals surface area contributed by atoms with E-state index in [2.05, 4.69) is 15.3 Å². The number of carbonyl (C=O) groups is 1. The second-order valence-corrected chi connectivity index (χ2v) is 7.15. The Kier molecular flexibility index (Phi) is 4.96. The molecular weight excluding hydrogens is 392 g/mol. The number of fused-ring (bicyclic) bond motifs is 1. The molecule has 0 unspecified atom stereocenters. The largest absolute Gasteiger partial charge is 0.484 e. The van der Waals surface area contributed by atoms with E-state index in [9.17, 15) is 14.9 Å². The Labute approximate surface area is 169 Å². The summed E-state index contributed by atoms with van der Waals surface area (Å²) in [6, 6.07) is 13.5. The minimum Gasteiger partial charge on any atom is -0.484 e. The van der Waals surface area contributed by atoms with Gasteiger partial charge in [-0.3, -0.25) is 20.2 Å². The highest BCUT2D eigenvalue weighted by Gasteiger charge is 2.15. The second kappa shape index (κ2) is 7.72. The summed E-state index contributed by atoms with van der Waals surface area (Å²) in [6.07, 6.45) is 0. The number of anilines is 1. The highest BCUT2D eigenvalue weighted by molar-refractivity contribution is 7.14. The number of rotatable bonds is 6. The average Bonchev–Trinajstić information content (AvgIpc) is 3.29. The molecule has 0 aliphatic rings. The van der Waals surface area contributed by atoms with Crippen LogP contribution in [0.25, 0.3) is 22.2 Å². The summed E-state index contributed by atoms with van der Waals surface area (Å²) in [5, 5.41) is 16.8. The van der Waals surface area contributed by atoms with E-state index in [4.69, 9.17) is 4.74 Å². The highest BCUT2D eigenvalue weighted by atomic mass is 32.1. The molecule has 1 amide bonds. The number of nitrogens with zero attached hydrogens (tertiary/aromatic N) is 2. The maximum absolute atomic E-state index is 12.2. The number of nitrogens with one attached hydrogen (secondary N) is 2. The summed E-state index contributed by atoms with van der Waals surface area (Å²) in [5.41, 5.74) is 3.81. The maximum Gasteiger partial charge on any atom is 0.269 e. The van der Waals surface area contributed by atoms with E-state index < -0.39 is 4.92 Å². The van der Waals surface area contributed by atoms with Gasteiger partial charge < -0.3 is 9.72 Å². The van der Waals surface area contributed by atoms with Crippen molar-refractivity contribution in [3.05, 3.63) is 69.7 Å². The average molecular weight is 408 g/mol. The van der Waals surface area contributed by atoms with E-state index in [0.29, 0.717) is 10.9 Å². The number of aromatic nitrogens is 2. The molecule has 4 rings (SSSR count). The Morgan fingerprint density at radius 1 is 1.24 bits per heavy atom. The van der Waals surface area contributed by atoms with Crippen LogP contribution in [-0.4, -0.2) is 27.4 Å². The number of hydrogen-bond donors (Lipinski definition) is 2. The number of H-pyrrole nitrogens is 1. The molecule has 0 radical (unpaired) electrons. The number of benzene rings is 2. The third-order valence-electron chi connectivity index (χ3n) is 4.32. The van der Waals surface area contributed by atoms with Crippen LogP contribution in [0.15, 0.2) is 53.9 Å². The lowest BCUT2D eigenvalue weighted by Gasteiger charge is -2.05. The van der Waals surface area contributed by atoms with Gasteiger partial charge in [-0.05, 0) is 25.1 Å². The van der Waals surface area contributed by atoms with Crippen molar-refractivity contribution in [1.82, 2.24) is 9.97 Å². The molecule has 2 aromatic carbocycles. The van der Waals surface area contributed by atoms with Crippen molar-refractivity contribution in [3.8, 4) is 17.0 Å². The van der Waals surface area contributed by atoms with Gasteiger partial charge in [0.1, 0.15) is 5.75 Å². The summed E-state index contributed by atoms with van der Waals surface area (Å²) in [7, 11) is 0. The Bertz CT molecular complexity index is 1200. The molecule has 29 heavy (non-hydrogen) atoms. The van der Waals surface area contributed by atoms with E-state index in [-0.39, 0.29) is 18.2 Å². The summed E-state index contributed by atoms with van der Waals surface area (Å²) in [5.74, 6) is 0.0138. The predicted octanol–water partition coefficient (Wildman–Crippen LogP) is 4.53. The van der Waals surface area contributed by atoms with Crippen LogP contribution < -0.4 is 10.1 Å². The lowest BCUT2D eigenvalue weighted by atomic mass is 10.1. The zero-order valence-electron chi connectivity index (χ0n) is 15.3. The molecule has 0 spiro atoms. The van der Waals surface area contributed by atoms with E-state index in [0.717, 1.165) is 27.9 Å². The predicted molar refractivity (Wildman–Crippen MR) is 111 cm³/mol. The zero-order chi connectivity index (χ0) is 20.4. The van der Waals surface area contributed by atoms with Gasteiger partial charge in [0.15, 0.2) is 11.7 Å². The standard InChI is InChI=1S/C20H16N4O4S/c1-12-19(15-4-2-3-5-16(15)21-12)17-11-29-20(22-17)23-18(25)10-28-14-8-6-13(7-9-14)24(26)27/h2-9,11,21H,10H2,1H3,(H,22,23,25). The second-order valence-electron chi connectivity index (χ2n) is 6.30. The monoisotopic (exact) mass is 408 g/mol. The van der Waals surface area contributed by atoms with Gasteiger partial charge in [-0.1, -0.05) is 18.2 Å². The molecule has 146 valence electrons. The molecule has 0 saturated carbocycles. The molecule has 2 aromatic heterocycles. The van der Waals surface area contributed by atoms with Crippen molar-refractivity contribution in [2.45, 2.75) is 6.92 Å². The summed E-state index contributed by atoms with van der Waals surface area (Å²) >= 11 is 1.33. The van der Waals surface area contributed by atoms with Crippen LogP contribution in [0.4, 0.5) is 10.8 Å². The molecule has 9 heteroatoms. The van der Waals surface area contributed by atoms with E-state index >= 15 is 0 Å². The van der Waals surface area contributed by atoms with E-state index in [1.54, 1.807) is 0 Å². The summed E-state index contributed by atoms with van der Waals surface area (Å²) < 4.78 is 5.37. The van der Waals surface area contributed by atoms with Crippen LogP contribution >= 0.6 is 11.3 Å². The van der Waals surface area contributed by atoms with Crippen molar-refractivity contribution in [1.29, 1.82) is 0 Å². The highest BCUT2D eigenvalue weighted by Crippen LogP contribution is 2.33. The van der Waals surface area contributed by atoms with Gasteiger partial charge >= 0.3 is 0 Å². The van der Waals surface area contributed by atoms with Crippen LogP contribution in [0.1, 0.15) is 5.69 Å². The fourth-order valence-electron chi connectivity index (χ4n) is 3.02. The number of nitro benzene ring substituents is 1. The first-order valence-electron chi connectivity index (χ1n) is 8.71. The van der Waals surface area contributed by atoms with Crippen LogP contribution in [0.2, 0.25) is 0 Å². The first-order chi connectivity index (χ1) is 14.0. The number of hydrogen-bond acceptors (Lipinski definition) is 6. The normalized spacial score (nSPS) is 10.8. The topological polar surface area (TPSA) is 110 Å². The first kappa shape index (κ1) is 18.6. The quantitative estimate of drug-likeness (QED) is 0.360. The fraction of sp³-hybridized carbons (Fsp3) is 0.100. The van der Waals surface area contributed by atoms with Crippen LogP contribution in [0, 0.1) is 17.0 Å². The summed E-state index contributed by atoms with van der Waals surface area (Å²) in [6.45, 7) is 1.77. The number of para-hydroxylation sites is 1. The zero-order valence-corrected chi connectivity index (χ0v) is 16.2. The number of ether oxygens (including phenoxy) is 1. The maximum atomic E-state index is 12.2. The van der Waals surface area contributed by atoms with Crippen molar-refractivity contribution in [2.75, 3.05) is 11.9 Å². The van der Waals surface area contributed by atoms with E-state index in [1.165, 1.54) is 35.6 Å². The molecule has 8 nitrogen and oxygen atoms in total. The minimum atomic E-state index is -0.494. The van der Waals surface area contributed by atoms with Gasteiger partial charge in [-0.15, -0.1) is 11.3 Å². The smallest absolute Gasteiger partial charge is 0.269 e. The summed E-state index contributed by atoms with van der Waals surface area (Å²) in [4.78, 5) is 30.2. The number of thiazole rings is 1. The van der Waals surface area contributed by atoms with Crippen molar-refractivity contribution in [2.24, 2.45) is 0 Å². The fourth-order valence-corrected chi connectivity index (χ4v) is 3.74. The Morgan fingerprint density at radius 2 is 2.00 bits per heavy atom. The van der Waals surface area contributed by atoms with Gasteiger partial charge in [-0.2, -0.15) is 0 Å². The van der Waals surface area contributed by atoms with Crippen molar-refractivity contribution in [3.63, 3.8) is 0 Å². The lowest BCUT2D eigenvalue weighted by Crippen LogP contribution is -2.20. The molecule has 0 saturated heterocycles. The molecule has 2 N–H and O–H groups in total. The number of nitro groups is 1. The van der Waals surface area contributed by atoms with Crippen LogP contribution in [0.3, 0.4) is 0 Å². The lowest BCUT2D eigenvalue weighted by molar-refractivity contribution is -0.384. The Hall–Kier alpha value is -3.72. The van der Waals surface area contributed by atoms with E-state index in [1.807, 2.05) is 36.6 Å². The third kappa shape index (κ3) is 3.94. The first-order valence-corrected chi connectivity index (χ1v) is 9.59. The molecule has 0 atom stereocenters. The SMILES string of the molecule is Cc1[nH]c2ccccc2c1-c1csc(NC(=O)COc2ccc([N+](=O)[O-])cc2)n1. The molecule has 0 fully saturated rings. The molecule has 0 bridgehead atoms. The number of aryl methyl sites for hydroxylation is 1. The molecular formula is C20H16N4O4S. The van der Waals surface area contributed by atoms with Gasteiger partial charge in [0.2, 0.25) is 0 Å². The number of carbonyl (C=O) groups excluding carboxylic acids is 1. The Balaban J connectivity index is 1.41. The van der Waals surface area contributed by atoms with Gasteiger partial charge in [0.25, 0.3) is 11.6 Å². The van der Waals surface area contributed by atoms with Gasteiger partial charge in [-0.25, -0.2) is 4.98 Å². The number of non-ortho nitro benzene ring substituents is 1. The van der Waals surface area contributed by atoms with Crippen LogP contribution in [-0.2, 0) is 4.79 Å². The number of aromatic amines is 1. The van der Waals surface area contributed by atoms with Gasteiger partial charge in [0, 0.05) is 39.7 Å². The van der Waals surface area contributed by atoms with Crippen molar-refractivity contribution >= 4 is 39.0 Å². The molecule has 2 heterocycles. The molecule has 0 aliphatic carbocycles. The third-order valence-corrected chi connectivity index (χ3v) is 5.08. The van der Waals surface area contributed by atoms with Gasteiger partial charge in [0.05, 0.1) is 10.6 Å². The minimum absolute atomic E-state index is 0.0373.